The second kappa shape index (κ2) is 14.5. The monoisotopic (exact) mass is 426 g/mol. The molecule has 1 atom stereocenters. The molecule has 0 radical (unpaired) electrons. The third kappa shape index (κ3) is 9.84. The van der Waals surface area contributed by atoms with Crippen molar-refractivity contribution in [2.75, 3.05) is 46.9 Å². The van der Waals surface area contributed by atoms with Crippen LogP contribution in [-0.2, 0) is 4.74 Å². The van der Waals surface area contributed by atoms with Crippen LogP contribution in [0.2, 0.25) is 0 Å². The molecule has 1 fully saturated rings. The maximum absolute atomic E-state index is 5.03. The standard InChI is InChI=1S/C16H34N4O.HI/c1-15-9-4-6-12-20(15)13-7-5-10-18-16(17-2)19-11-8-14-21-3;/h15H,4-14H2,1-3H3,(H2,17,18,19);1H. The van der Waals surface area contributed by atoms with Crippen LogP contribution in [0.4, 0.5) is 0 Å². The molecule has 1 rings (SSSR count). The summed E-state index contributed by atoms with van der Waals surface area (Å²) in [6.07, 6.45) is 7.62. The van der Waals surface area contributed by atoms with Crippen LogP contribution in [-0.4, -0.2) is 63.8 Å². The number of halogens is 1. The Bertz CT molecular complexity index is 289. The maximum Gasteiger partial charge on any atom is 0.190 e. The number of rotatable bonds is 9. The molecule has 0 aromatic carbocycles. The second-order valence-electron chi connectivity index (χ2n) is 5.86. The minimum Gasteiger partial charge on any atom is -0.385 e. The number of likely N-dealkylation sites (tertiary alicyclic amines) is 1. The van der Waals surface area contributed by atoms with E-state index in [9.17, 15) is 0 Å². The summed E-state index contributed by atoms with van der Waals surface area (Å²) in [5, 5.41) is 6.67. The lowest BCUT2D eigenvalue weighted by molar-refractivity contribution is 0.158. The zero-order valence-electron chi connectivity index (χ0n) is 14.6. The van der Waals surface area contributed by atoms with E-state index >= 15 is 0 Å². The minimum absolute atomic E-state index is 0. The molecule has 0 aromatic rings. The summed E-state index contributed by atoms with van der Waals surface area (Å²) in [4.78, 5) is 6.87. The topological polar surface area (TPSA) is 48.9 Å². The van der Waals surface area contributed by atoms with E-state index in [-0.39, 0.29) is 24.0 Å². The van der Waals surface area contributed by atoms with Gasteiger partial charge >= 0.3 is 0 Å². The van der Waals surface area contributed by atoms with Crippen molar-refractivity contribution in [3.05, 3.63) is 0 Å². The molecular formula is C16H35IN4O. The molecule has 1 aliphatic heterocycles. The number of piperidine rings is 1. The van der Waals surface area contributed by atoms with Crippen molar-refractivity contribution >= 4 is 29.9 Å². The van der Waals surface area contributed by atoms with Gasteiger partial charge in [-0.15, -0.1) is 24.0 Å². The third-order valence-electron chi connectivity index (χ3n) is 4.15. The molecule has 1 unspecified atom stereocenters. The minimum atomic E-state index is 0. The molecule has 0 aliphatic carbocycles. The first-order valence-electron chi connectivity index (χ1n) is 8.45. The van der Waals surface area contributed by atoms with Gasteiger partial charge in [-0.3, -0.25) is 4.99 Å². The Labute approximate surface area is 153 Å². The van der Waals surface area contributed by atoms with E-state index in [1.165, 1.54) is 45.2 Å². The lowest BCUT2D eigenvalue weighted by Crippen LogP contribution is -2.39. The summed E-state index contributed by atoms with van der Waals surface area (Å²) in [5.74, 6) is 0.900. The van der Waals surface area contributed by atoms with Gasteiger partial charge in [0.05, 0.1) is 0 Å². The van der Waals surface area contributed by atoms with Crippen molar-refractivity contribution in [3.8, 4) is 0 Å². The highest BCUT2D eigenvalue weighted by atomic mass is 127. The van der Waals surface area contributed by atoms with E-state index in [1.807, 2.05) is 7.05 Å². The summed E-state index contributed by atoms with van der Waals surface area (Å²) in [5.41, 5.74) is 0. The van der Waals surface area contributed by atoms with E-state index in [0.29, 0.717) is 0 Å². The van der Waals surface area contributed by atoms with Crippen LogP contribution in [0.3, 0.4) is 0 Å². The molecule has 1 heterocycles. The number of hydrogen-bond acceptors (Lipinski definition) is 3. The van der Waals surface area contributed by atoms with Crippen LogP contribution in [0.5, 0.6) is 0 Å². The maximum atomic E-state index is 5.03. The Kier molecular flexibility index (Phi) is 14.5. The lowest BCUT2D eigenvalue weighted by Gasteiger charge is -2.33. The molecule has 1 saturated heterocycles. The Morgan fingerprint density at radius 1 is 1.18 bits per heavy atom. The van der Waals surface area contributed by atoms with E-state index < -0.39 is 0 Å². The van der Waals surface area contributed by atoms with Gasteiger partial charge in [0, 0.05) is 39.9 Å². The molecule has 1 aliphatic rings. The number of methoxy groups -OCH3 is 1. The van der Waals surface area contributed by atoms with Crippen LogP contribution in [0.1, 0.15) is 45.4 Å². The SMILES string of the molecule is CN=C(NCCCCN1CCCCC1C)NCCCOC.I. The van der Waals surface area contributed by atoms with Crippen LogP contribution in [0.25, 0.3) is 0 Å². The van der Waals surface area contributed by atoms with Crippen LogP contribution >= 0.6 is 24.0 Å². The van der Waals surface area contributed by atoms with E-state index in [0.717, 1.165) is 38.1 Å². The fraction of sp³-hybridized carbons (Fsp3) is 0.938. The van der Waals surface area contributed by atoms with Crippen molar-refractivity contribution < 1.29 is 4.74 Å². The Hall–Kier alpha value is -0.0800. The zero-order valence-corrected chi connectivity index (χ0v) is 16.9. The molecular weight excluding hydrogens is 391 g/mol. The first kappa shape index (κ1) is 21.9. The largest absolute Gasteiger partial charge is 0.385 e. The van der Waals surface area contributed by atoms with E-state index in [1.54, 1.807) is 7.11 Å². The second-order valence-corrected chi connectivity index (χ2v) is 5.86. The van der Waals surface area contributed by atoms with Crippen molar-refractivity contribution in [1.82, 2.24) is 15.5 Å². The van der Waals surface area contributed by atoms with Gasteiger partial charge in [0.15, 0.2) is 5.96 Å². The molecule has 22 heavy (non-hydrogen) atoms. The average molecular weight is 426 g/mol. The van der Waals surface area contributed by atoms with Crippen LogP contribution < -0.4 is 10.6 Å². The van der Waals surface area contributed by atoms with Crippen LogP contribution in [0.15, 0.2) is 4.99 Å². The van der Waals surface area contributed by atoms with Crippen molar-refractivity contribution in [3.63, 3.8) is 0 Å². The molecule has 0 amide bonds. The number of unbranched alkanes of at least 4 members (excludes halogenated alkanes) is 1. The smallest absolute Gasteiger partial charge is 0.190 e. The van der Waals surface area contributed by atoms with Crippen LogP contribution in [0, 0.1) is 0 Å². The number of nitrogens with zero attached hydrogens (tertiary/aromatic N) is 2. The summed E-state index contributed by atoms with van der Waals surface area (Å²) in [6, 6.07) is 0.780. The number of guanidine groups is 1. The van der Waals surface area contributed by atoms with Gasteiger partial charge in [0.2, 0.25) is 0 Å². The van der Waals surface area contributed by atoms with Gasteiger partial charge in [-0.1, -0.05) is 6.42 Å². The summed E-state index contributed by atoms with van der Waals surface area (Å²) < 4.78 is 5.03. The molecule has 0 saturated carbocycles. The third-order valence-corrected chi connectivity index (χ3v) is 4.15. The molecule has 132 valence electrons. The van der Waals surface area contributed by atoms with Crippen molar-refractivity contribution in [1.29, 1.82) is 0 Å². The number of ether oxygens (including phenoxy) is 1. The normalized spacial score (nSPS) is 19.6. The van der Waals surface area contributed by atoms with Gasteiger partial charge in [-0.05, 0) is 52.1 Å². The van der Waals surface area contributed by atoms with E-state index in [4.69, 9.17) is 4.74 Å². The number of aliphatic imine (C=N–C) groups is 1. The average Bonchev–Trinajstić information content (AvgIpc) is 2.50. The summed E-state index contributed by atoms with van der Waals surface area (Å²) in [6.45, 7) is 7.58. The summed E-state index contributed by atoms with van der Waals surface area (Å²) >= 11 is 0. The molecule has 0 spiro atoms. The molecule has 2 N–H and O–H groups in total. The Balaban J connectivity index is 0.00000441. The molecule has 0 aromatic heterocycles. The quantitative estimate of drug-likeness (QED) is 0.258. The fourth-order valence-corrected chi connectivity index (χ4v) is 2.78. The van der Waals surface area contributed by atoms with Gasteiger partial charge < -0.3 is 20.3 Å². The van der Waals surface area contributed by atoms with E-state index in [2.05, 4.69) is 27.4 Å². The fourth-order valence-electron chi connectivity index (χ4n) is 2.78. The number of nitrogens with one attached hydrogen (secondary N) is 2. The Morgan fingerprint density at radius 3 is 2.55 bits per heavy atom. The highest BCUT2D eigenvalue weighted by Gasteiger charge is 2.16. The molecule has 5 nitrogen and oxygen atoms in total. The van der Waals surface area contributed by atoms with Gasteiger partial charge in [-0.25, -0.2) is 0 Å². The lowest BCUT2D eigenvalue weighted by atomic mass is 10.0. The summed E-state index contributed by atoms with van der Waals surface area (Å²) in [7, 11) is 3.55. The predicted octanol–water partition coefficient (Wildman–Crippen LogP) is 2.46. The molecule has 6 heteroatoms. The highest BCUT2D eigenvalue weighted by molar-refractivity contribution is 14.0. The van der Waals surface area contributed by atoms with Gasteiger partial charge in [-0.2, -0.15) is 0 Å². The van der Waals surface area contributed by atoms with Crippen molar-refractivity contribution in [2.24, 2.45) is 4.99 Å². The first-order chi connectivity index (χ1) is 10.3. The van der Waals surface area contributed by atoms with Crippen molar-refractivity contribution in [2.45, 2.75) is 51.5 Å². The zero-order chi connectivity index (χ0) is 15.3. The molecule has 0 bridgehead atoms. The number of hydrogen-bond donors (Lipinski definition) is 2. The predicted molar refractivity (Wildman–Crippen MR) is 105 cm³/mol. The Morgan fingerprint density at radius 2 is 1.91 bits per heavy atom. The first-order valence-corrected chi connectivity index (χ1v) is 8.45. The van der Waals surface area contributed by atoms with Gasteiger partial charge in [0.25, 0.3) is 0 Å². The van der Waals surface area contributed by atoms with Gasteiger partial charge in [0.1, 0.15) is 0 Å². The highest BCUT2D eigenvalue weighted by Crippen LogP contribution is 2.16.